The van der Waals surface area contributed by atoms with Gasteiger partial charge in [-0.05, 0) is 31.1 Å². The second-order valence-electron chi connectivity index (χ2n) is 6.85. The van der Waals surface area contributed by atoms with E-state index in [4.69, 9.17) is 12.2 Å². The van der Waals surface area contributed by atoms with E-state index >= 15 is 0 Å². The van der Waals surface area contributed by atoms with E-state index in [1.807, 2.05) is 31.2 Å². The summed E-state index contributed by atoms with van der Waals surface area (Å²) in [6, 6.07) is 11.2. The number of aryl methyl sites for hydroxylation is 1. The minimum atomic E-state index is -0.638. The summed E-state index contributed by atoms with van der Waals surface area (Å²) in [5, 5.41) is 23.0. The van der Waals surface area contributed by atoms with Gasteiger partial charge in [0.15, 0.2) is 0 Å². The molecule has 0 saturated carbocycles. The van der Waals surface area contributed by atoms with Gasteiger partial charge in [0.2, 0.25) is 5.91 Å². The number of benzene rings is 2. The lowest BCUT2D eigenvalue weighted by atomic mass is 10.1. The molecule has 2 aromatic carbocycles. The van der Waals surface area contributed by atoms with Crippen LogP contribution in [0.5, 0.6) is 5.75 Å². The first kappa shape index (κ1) is 22.4. The maximum Gasteiger partial charge on any atom is 0.273 e. The lowest BCUT2D eigenvalue weighted by molar-refractivity contribution is -0.384. The molecular formula is C21H19N3O5S2. The van der Waals surface area contributed by atoms with Crippen LogP contribution < -0.4 is 5.32 Å². The molecule has 10 heteroatoms. The largest absolute Gasteiger partial charge is 0.506 e. The Labute approximate surface area is 188 Å². The molecule has 160 valence electrons. The molecule has 1 fully saturated rings. The Hall–Kier alpha value is -3.24. The summed E-state index contributed by atoms with van der Waals surface area (Å²) in [6.07, 6.45) is 2.25. The third kappa shape index (κ3) is 5.68. The van der Waals surface area contributed by atoms with E-state index in [-0.39, 0.29) is 41.9 Å². The number of phenols is 1. The molecule has 0 atom stereocenters. The third-order valence-electron chi connectivity index (χ3n) is 4.50. The van der Waals surface area contributed by atoms with Gasteiger partial charge in [0.05, 0.1) is 21.6 Å². The first-order chi connectivity index (χ1) is 14.7. The van der Waals surface area contributed by atoms with Crippen LogP contribution in [0.2, 0.25) is 0 Å². The number of thiocarbonyl (C=S) groups is 1. The Bertz CT molecular complexity index is 1080. The summed E-state index contributed by atoms with van der Waals surface area (Å²) in [5.74, 6) is -0.963. The second kappa shape index (κ2) is 9.71. The molecule has 1 aliphatic heterocycles. The molecule has 2 amide bonds. The number of thioether (sulfide) groups is 1. The van der Waals surface area contributed by atoms with Crippen LogP contribution in [0.4, 0.5) is 11.4 Å². The van der Waals surface area contributed by atoms with Gasteiger partial charge in [-0.3, -0.25) is 24.6 Å². The predicted octanol–water partition coefficient (Wildman–Crippen LogP) is 4.23. The van der Waals surface area contributed by atoms with Crippen molar-refractivity contribution >= 4 is 57.6 Å². The number of aromatic hydroxyl groups is 1. The lowest BCUT2D eigenvalue weighted by Gasteiger charge is -2.14. The zero-order chi connectivity index (χ0) is 22.5. The Kier molecular flexibility index (Phi) is 7.03. The molecule has 2 aromatic rings. The van der Waals surface area contributed by atoms with E-state index in [1.54, 1.807) is 6.08 Å². The molecule has 31 heavy (non-hydrogen) atoms. The SMILES string of the molecule is Cc1ccc(/C=C2\SC(=S)N(CCCC(=O)Nc3ccc([N+](=O)[O-])cc3O)C2=O)cc1. The minimum Gasteiger partial charge on any atom is -0.506 e. The summed E-state index contributed by atoms with van der Waals surface area (Å²) >= 11 is 6.53. The van der Waals surface area contributed by atoms with E-state index < -0.39 is 4.92 Å². The van der Waals surface area contributed by atoms with Gasteiger partial charge in [0.1, 0.15) is 10.1 Å². The molecule has 0 unspecified atom stereocenters. The standard InChI is InChI=1S/C21H19N3O5S2/c1-13-4-6-14(7-5-13)11-18-20(27)23(21(30)31-18)10-2-3-19(26)22-16-9-8-15(24(28)29)12-17(16)25/h4-9,11-12,25H,2-3,10H2,1H3,(H,22,26)/b18-11-. The molecule has 0 radical (unpaired) electrons. The van der Waals surface area contributed by atoms with Crippen LogP contribution in [-0.4, -0.2) is 37.6 Å². The van der Waals surface area contributed by atoms with Crippen molar-refractivity contribution < 1.29 is 19.6 Å². The molecule has 1 aliphatic rings. The molecule has 0 aliphatic carbocycles. The number of anilines is 1. The van der Waals surface area contributed by atoms with Crippen LogP contribution in [0.1, 0.15) is 24.0 Å². The number of hydrogen-bond acceptors (Lipinski definition) is 7. The predicted molar refractivity (Wildman–Crippen MR) is 124 cm³/mol. The number of nitrogens with zero attached hydrogens (tertiary/aromatic N) is 2. The normalized spacial score (nSPS) is 14.9. The van der Waals surface area contributed by atoms with Gasteiger partial charge in [0.25, 0.3) is 11.6 Å². The van der Waals surface area contributed by atoms with Gasteiger partial charge < -0.3 is 10.4 Å². The van der Waals surface area contributed by atoms with Gasteiger partial charge in [-0.1, -0.05) is 53.8 Å². The highest BCUT2D eigenvalue weighted by molar-refractivity contribution is 8.26. The summed E-state index contributed by atoms with van der Waals surface area (Å²) in [6.45, 7) is 2.28. The van der Waals surface area contributed by atoms with Crippen molar-refractivity contribution in [1.82, 2.24) is 4.90 Å². The Morgan fingerprint density at radius 1 is 1.29 bits per heavy atom. The maximum absolute atomic E-state index is 12.6. The van der Waals surface area contributed by atoms with E-state index in [0.29, 0.717) is 15.6 Å². The summed E-state index contributed by atoms with van der Waals surface area (Å²) in [5.41, 5.74) is 1.85. The smallest absolute Gasteiger partial charge is 0.273 e. The van der Waals surface area contributed by atoms with E-state index in [0.717, 1.165) is 17.2 Å². The lowest BCUT2D eigenvalue weighted by Crippen LogP contribution is -2.29. The molecule has 8 nitrogen and oxygen atoms in total. The number of nitro groups is 1. The highest BCUT2D eigenvalue weighted by Crippen LogP contribution is 2.33. The Morgan fingerprint density at radius 2 is 2.00 bits per heavy atom. The van der Waals surface area contributed by atoms with Crippen molar-refractivity contribution in [1.29, 1.82) is 0 Å². The van der Waals surface area contributed by atoms with E-state index in [2.05, 4.69) is 5.32 Å². The number of phenolic OH excluding ortho intramolecular Hbond substituents is 1. The molecule has 3 rings (SSSR count). The van der Waals surface area contributed by atoms with E-state index in [1.165, 1.54) is 28.8 Å². The third-order valence-corrected chi connectivity index (χ3v) is 5.88. The summed E-state index contributed by atoms with van der Waals surface area (Å²) in [4.78, 5) is 36.9. The quantitative estimate of drug-likeness (QED) is 0.210. The fourth-order valence-electron chi connectivity index (χ4n) is 2.86. The van der Waals surface area contributed by atoms with Crippen molar-refractivity contribution in [3.8, 4) is 5.75 Å². The minimum absolute atomic E-state index is 0.0854. The second-order valence-corrected chi connectivity index (χ2v) is 8.53. The molecule has 2 N–H and O–H groups in total. The average Bonchev–Trinajstić information content (AvgIpc) is 2.98. The number of non-ortho nitro benzene ring substituents is 1. The Morgan fingerprint density at radius 3 is 2.65 bits per heavy atom. The van der Waals surface area contributed by atoms with Crippen LogP contribution in [0.3, 0.4) is 0 Å². The van der Waals surface area contributed by atoms with Gasteiger partial charge in [-0.15, -0.1) is 0 Å². The highest BCUT2D eigenvalue weighted by Gasteiger charge is 2.31. The van der Waals surface area contributed by atoms with Crippen LogP contribution in [0, 0.1) is 17.0 Å². The van der Waals surface area contributed by atoms with Crippen LogP contribution in [-0.2, 0) is 9.59 Å². The van der Waals surface area contributed by atoms with Crippen molar-refractivity contribution in [3.05, 3.63) is 68.6 Å². The Balaban J connectivity index is 1.53. The molecule has 0 bridgehead atoms. The summed E-state index contributed by atoms with van der Waals surface area (Å²) < 4.78 is 0.441. The monoisotopic (exact) mass is 457 g/mol. The topological polar surface area (TPSA) is 113 Å². The molecule has 0 aromatic heterocycles. The van der Waals surface area contributed by atoms with Crippen molar-refractivity contribution in [3.63, 3.8) is 0 Å². The first-order valence-electron chi connectivity index (χ1n) is 9.34. The number of amides is 2. The fourth-order valence-corrected chi connectivity index (χ4v) is 4.17. The number of hydrogen-bond donors (Lipinski definition) is 2. The van der Waals surface area contributed by atoms with Crippen molar-refractivity contribution in [2.24, 2.45) is 0 Å². The average molecular weight is 458 g/mol. The molecule has 0 spiro atoms. The van der Waals surface area contributed by atoms with Gasteiger partial charge in [-0.25, -0.2) is 0 Å². The first-order valence-corrected chi connectivity index (χ1v) is 10.6. The van der Waals surface area contributed by atoms with Crippen molar-refractivity contribution in [2.45, 2.75) is 19.8 Å². The van der Waals surface area contributed by atoms with Gasteiger partial charge in [-0.2, -0.15) is 0 Å². The van der Waals surface area contributed by atoms with Crippen molar-refractivity contribution in [2.75, 3.05) is 11.9 Å². The van der Waals surface area contributed by atoms with Crippen LogP contribution in [0.15, 0.2) is 47.4 Å². The maximum atomic E-state index is 12.6. The molecule has 1 saturated heterocycles. The van der Waals surface area contributed by atoms with Crippen LogP contribution >= 0.6 is 24.0 Å². The number of rotatable bonds is 7. The van der Waals surface area contributed by atoms with Gasteiger partial charge >= 0.3 is 0 Å². The zero-order valence-electron chi connectivity index (χ0n) is 16.5. The van der Waals surface area contributed by atoms with Crippen LogP contribution in [0.25, 0.3) is 6.08 Å². The molecule has 1 heterocycles. The molecular weight excluding hydrogens is 438 g/mol. The van der Waals surface area contributed by atoms with E-state index in [9.17, 15) is 24.8 Å². The highest BCUT2D eigenvalue weighted by atomic mass is 32.2. The summed E-state index contributed by atoms with van der Waals surface area (Å²) in [7, 11) is 0. The number of carbonyl (C=O) groups excluding carboxylic acids is 2. The zero-order valence-corrected chi connectivity index (χ0v) is 18.2. The number of nitro benzene ring substituents is 1. The number of nitrogens with one attached hydrogen (secondary N) is 1. The fraction of sp³-hybridized carbons (Fsp3) is 0.190. The van der Waals surface area contributed by atoms with Gasteiger partial charge in [0, 0.05) is 19.0 Å². The number of carbonyl (C=O) groups is 2.